The smallest absolute Gasteiger partial charge is 0.305 e. The zero-order valence-electron chi connectivity index (χ0n) is 9.78. The molecule has 96 valence electrons. The van der Waals surface area contributed by atoms with Crippen molar-refractivity contribution in [3.8, 4) is 0 Å². The zero-order valence-corrected chi connectivity index (χ0v) is 11.4. The van der Waals surface area contributed by atoms with Crippen LogP contribution in [0.15, 0.2) is 28.7 Å². The zero-order chi connectivity index (χ0) is 13.2. The SMILES string of the molecule is O=C(O)CC1(NC(=O)c2ccccc2Br)CCC1. The molecule has 1 saturated carbocycles. The molecule has 0 bridgehead atoms. The lowest BCUT2D eigenvalue weighted by atomic mass is 9.74. The van der Waals surface area contributed by atoms with E-state index in [9.17, 15) is 9.59 Å². The number of carbonyl (C=O) groups excluding carboxylic acids is 1. The van der Waals surface area contributed by atoms with Crippen molar-refractivity contribution >= 4 is 27.8 Å². The van der Waals surface area contributed by atoms with Gasteiger partial charge in [0.15, 0.2) is 0 Å². The monoisotopic (exact) mass is 311 g/mol. The lowest BCUT2D eigenvalue weighted by molar-refractivity contribution is -0.139. The van der Waals surface area contributed by atoms with Gasteiger partial charge in [0.2, 0.25) is 0 Å². The number of halogens is 1. The number of benzene rings is 1. The second-order valence-electron chi connectivity index (χ2n) is 4.64. The maximum Gasteiger partial charge on any atom is 0.305 e. The first kappa shape index (κ1) is 13.1. The third-order valence-corrected chi connectivity index (χ3v) is 3.99. The molecule has 0 unspecified atom stereocenters. The van der Waals surface area contributed by atoms with Crippen molar-refractivity contribution in [2.75, 3.05) is 0 Å². The number of hydrogen-bond donors (Lipinski definition) is 2. The van der Waals surface area contributed by atoms with Gasteiger partial charge < -0.3 is 10.4 Å². The second kappa shape index (κ2) is 5.10. The van der Waals surface area contributed by atoms with E-state index in [2.05, 4.69) is 21.2 Å². The number of hydrogen-bond acceptors (Lipinski definition) is 2. The van der Waals surface area contributed by atoms with Crippen LogP contribution in [0.25, 0.3) is 0 Å². The third-order valence-electron chi connectivity index (χ3n) is 3.30. The Balaban J connectivity index is 2.11. The highest BCUT2D eigenvalue weighted by Crippen LogP contribution is 2.35. The van der Waals surface area contributed by atoms with E-state index in [1.54, 1.807) is 18.2 Å². The number of carboxylic acid groups (broad SMARTS) is 1. The summed E-state index contributed by atoms with van der Waals surface area (Å²) in [5, 5.41) is 11.8. The molecule has 0 spiro atoms. The van der Waals surface area contributed by atoms with Crippen molar-refractivity contribution in [1.82, 2.24) is 5.32 Å². The van der Waals surface area contributed by atoms with Crippen LogP contribution in [0, 0.1) is 0 Å². The summed E-state index contributed by atoms with van der Waals surface area (Å²) in [5.41, 5.74) is -0.0211. The highest BCUT2D eigenvalue weighted by molar-refractivity contribution is 9.10. The first-order valence-corrected chi connectivity index (χ1v) is 6.61. The van der Waals surface area contributed by atoms with Crippen molar-refractivity contribution in [2.45, 2.75) is 31.2 Å². The van der Waals surface area contributed by atoms with Crippen LogP contribution in [0.4, 0.5) is 0 Å². The Morgan fingerprint density at radius 3 is 2.50 bits per heavy atom. The lowest BCUT2D eigenvalue weighted by Gasteiger charge is -2.41. The van der Waals surface area contributed by atoms with Crippen LogP contribution in [-0.4, -0.2) is 22.5 Å². The molecule has 5 heteroatoms. The van der Waals surface area contributed by atoms with Gasteiger partial charge in [0, 0.05) is 4.47 Å². The van der Waals surface area contributed by atoms with Crippen LogP contribution in [0.2, 0.25) is 0 Å². The highest BCUT2D eigenvalue weighted by Gasteiger charge is 2.40. The molecular weight excluding hydrogens is 298 g/mol. The van der Waals surface area contributed by atoms with Crippen molar-refractivity contribution in [3.05, 3.63) is 34.3 Å². The van der Waals surface area contributed by atoms with E-state index in [0.29, 0.717) is 10.0 Å². The van der Waals surface area contributed by atoms with Gasteiger partial charge in [0.05, 0.1) is 17.5 Å². The normalized spacial score (nSPS) is 16.7. The standard InChI is InChI=1S/C13H14BrNO3/c14-10-5-2-1-4-9(10)12(18)15-13(6-3-7-13)8-11(16)17/h1-2,4-5H,3,6-8H2,(H,15,18)(H,16,17). The van der Waals surface area contributed by atoms with Gasteiger partial charge in [-0.1, -0.05) is 12.1 Å². The molecule has 1 aromatic carbocycles. The second-order valence-corrected chi connectivity index (χ2v) is 5.49. The van der Waals surface area contributed by atoms with E-state index in [4.69, 9.17) is 5.11 Å². The summed E-state index contributed by atoms with van der Waals surface area (Å²) in [4.78, 5) is 23.0. The number of amides is 1. The van der Waals surface area contributed by atoms with Crippen LogP contribution in [-0.2, 0) is 4.79 Å². The minimum Gasteiger partial charge on any atom is -0.481 e. The molecule has 0 aliphatic heterocycles. The van der Waals surface area contributed by atoms with Gasteiger partial charge in [-0.05, 0) is 47.3 Å². The molecule has 1 aromatic rings. The van der Waals surface area contributed by atoms with Gasteiger partial charge in [0.25, 0.3) is 5.91 Å². The van der Waals surface area contributed by atoms with Gasteiger partial charge in [0.1, 0.15) is 0 Å². The summed E-state index contributed by atoms with van der Waals surface area (Å²) in [7, 11) is 0. The molecule has 2 rings (SSSR count). The fourth-order valence-electron chi connectivity index (χ4n) is 2.19. The minimum absolute atomic E-state index is 0.0107. The average molecular weight is 312 g/mol. The third kappa shape index (κ3) is 2.72. The topological polar surface area (TPSA) is 66.4 Å². The van der Waals surface area contributed by atoms with Crippen molar-refractivity contribution in [2.24, 2.45) is 0 Å². The first-order valence-electron chi connectivity index (χ1n) is 5.81. The molecule has 18 heavy (non-hydrogen) atoms. The Kier molecular flexibility index (Phi) is 3.71. The Morgan fingerprint density at radius 1 is 1.33 bits per heavy atom. The molecule has 0 saturated heterocycles. The van der Waals surface area contributed by atoms with Crippen LogP contribution < -0.4 is 5.32 Å². The van der Waals surface area contributed by atoms with E-state index < -0.39 is 11.5 Å². The van der Waals surface area contributed by atoms with Crippen molar-refractivity contribution in [3.63, 3.8) is 0 Å². The number of aliphatic carboxylic acids is 1. The lowest BCUT2D eigenvalue weighted by Crippen LogP contribution is -2.54. The molecule has 4 nitrogen and oxygen atoms in total. The number of nitrogens with one attached hydrogen (secondary N) is 1. The van der Waals surface area contributed by atoms with Crippen molar-refractivity contribution in [1.29, 1.82) is 0 Å². The predicted molar refractivity (Wildman–Crippen MR) is 70.4 cm³/mol. The van der Waals surface area contributed by atoms with Crippen molar-refractivity contribution < 1.29 is 14.7 Å². The van der Waals surface area contributed by atoms with E-state index in [-0.39, 0.29) is 12.3 Å². The van der Waals surface area contributed by atoms with Crippen LogP contribution in [0.5, 0.6) is 0 Å². The molecule has 1 fully saturated rings. The van der Waals surface area contributed by atoms with Gasteiger partial charge >= 0.3 is 5.97 Å². The van der Waals surface area contributed by atoms with E-state index in [1.165, 1.54) is 0 Å². The largest absolute Gasteiger partial charge is 0.481 e. The number of carbonyl (C=O) groups is 2. The maximum atomic E-state index is 12.1. The van der Waals surface area contributed by atoms with Crippen LogP contribution in [0.3, 0.4) is 0 Å². The fourth-order valence-corrected chi connectivity index (χ4v) is 2.66. The summed E-state index contributed by atoms with van der Waals surface area (Å²) in [6.07, 6.45) is 2.41. The minimum atomic E-state index is -0.873. The Bertz CT molecular complexity index is 483. The molecule has 2 N–H and O–H groups in total. The van der Waals surface area contributed by atoms with E-state index >= 15 is 0 Å². The Labute approximate surface area is 114 Å². The van der Waals surface area contributed by atoms with E-state index in [0.717, 1.165) is 19.3 Å². The van der Waals surface area contributed by atoms with Gasteiger partial charge in [-0.15, -0.1) is 0 Å². The summed E-state index contributed by atoms with van der Waals surface area (Å²) >= 11 is 3.32. The summed E-state index contributed by atoms with van der Waals surface area (Å²) < 4.78 is 0.715. The summed E-state index contributed by atoms with van der Waals surface area (Å²) in [5.74, 6) is -1.09. The van der Waals surface area contributed by atoms with Gasteiger partial charge in [-0.25, -0.2) is 0 Å². The quantitative estimate of drug-likeness (QED) is 0.898. The average Bonchev–Trinajstić information content (AvgIpc) is 2.25. The fraction of sp³-hybridized carbons (Fsp3) is 0.385. The summed E-state index contributed by atoms with van der Waals surface area (Å²) in [6.45, 7) is 0. The summed E-state index contributed by atoms with van der Waals surface area (Å²) in [6, 6.07) is 7.12. The molecule has 0 heterocycles. The Hall–Kier alpha value is -1.36. The highest BCUT2D eigenvalue weighted by atomic mass is 79.9. The first-order chi connectivity index (χ1) is 8.52. The molecule has 1 amide bonds. The molecule has 1 aliphatic rings. The van der Waals surface area contributed by atoms with Crippen LogP contribution >= 0.6 is 15.9 Å². The molecule has 0 aromatic heterocycles. The molecule has 0 radical (unpaired) electrons. The number of rotatable bonds is 4. The number of carboxylic acids is 1. The van der Waals surface area contributed by atoms with Crippen LogP contribution in [0.1, 0.15) is 36.0 Å². The van der Waals surface area contributed by atoms with Gasteiger partial charge in [-0.3, -0.25) is 9.59 Å². The van der Waals surface area contributed by atoms with E-state index in [1.807, 2.05) is 6.07 Å². The maximum absolute atomic E-state index is 12.1. The molecule has 1 aliphatic carbocycles. The molecule has 0 atom stereocenters. The van der Waals surface area contributed by atoms with Gasteiger partial charge in [-0.2, -0.15) is 0 Å². The Morgan fingerprint density at radius 2 is 2.00 bits per heavy atom. The molecular formula is C13H14BrNO3. The predicted octanol–water partition coefficient (Wildman–Crippen LogP) is 2.58.